The van der Waals surface area contributed by atoms with E-state index in [9.17, 15) is 0 Å². The molecular formula is C16H32N2. The molecule has 2 nitrogen and oxygen atoms in total. The zero-order valence-corrected chi connectivity index (χ0v) is 12.5. The highest BCUT2D eigenvalue weighted by Crippen LogP contribution is 2.39. The first-order valence-corrected chi connectivity index (χ1v) is 8.10. The van der Waals surface area contributed by atoms with Crippen molar-refractivity contribution in [2.75, 3.05) is 26.2 Å². The Hall–Kier alpha value is -0.0800. The third-order valence-electron chi connectivity index (χ3n) is 5.39. The summed E-state index contributed by atoms with van der Waals surface area (Å²) in [4.78, 5) is 2.71. The highest BCUT2D eigenvalue weighted by atomic mass is 15.2. The Morgan fingerprint density at radius 2 is 1.94 bits per heavy atom. The number of rotatable bonds is 5. The summed E-state index contributed by atoms with van der Waals surface area (Å²) in [6, 6.07) is 0. The van der Waals surface area contributed by atoms with Crippen LogP contribution in [0.15, 0.2) is 0 Å². The van der Waals surface area contributed by atoms with E-state index < -0.39 is 0 Å². The molecule has 0 spiro atoms. The van der Waals surface area contributed by atoms with Crippen molar-refractivity contribution in [2.45, 2.75) is 58.8 Å². The molecule has 18 heavy (non-hydrogen) atoms. The lowest BCUT2D eigenvalue weighted by Crippen LogP contribution is -2.44. The van der Waals surface area contributed by atoms with Gasteiger partial charge in [-0.1, -0.05) is 33.1 Å². The van der Waals surface area contributed by atoms with Gasteiger partial charge >= 0.3 is 0 Å². The minimum atomic E-state index is 0.452. The largest absolute Gasteiger partial charge is 0.330 e. The average molecular weight is 252 g/mol. The van der Waals surface area contributed by atoms with E-state index in [1.54, 1.807) is 0 Å². The Bertz CT molecular complexity index is 243. The minimum absolute atomic E-state index is 0.452. The van der Waals surface area contributed by atoms with Crippen molar-refractivity contribution in [3.05, 3.63) is 0 Å². The highest BCUT2D eigenvalue weighted by molar-refractivity contribution is 4.90. The molecule has 0 amide bonds. The molecule has 1 aliphatic carbocycles. The van der Waals surface area contributed by atoms with E-state index in [-0.39, 0.29) is 0 Å². The molecule has 2 N–H and O–H groups in total. The van der Waals surface area contributed by atoms with E-state index in [1.165, 1.54) is 64.6 Å². The molecule has 0 radical (unpaired) electrons. The molecule has 2 aliphatic rings. The van der Waals surface area contributed by atoms with Crippen molar-refractivity contribution in [3.63, 3.8) is 0 Å². The van der Waals surface area contributed by atoms with Crippen molar-refractivity contribution >= 4 is 0 Å². The lowest BCUT2D eigenvalue weighted by atomic mass is 9.70. The van der Waals surface area contributed by atoms with Crippen molar-refractivity contribution in [3.8, 4) is 0 Å². The Balaban J connectivity index is 1.83. The first-order valence-electron chi connectivity index (χ1n) is 8.10. The van der Waals surface area contributed by atoms with Gasteiger partial charge in [-0.3, -0.25) is 0 Å². The monoisotopic (exact) mass is 252 g/mol. The predicted octanol–water partition coefficient (Wildman–Crippen LogP) is 3.26. The van der Waals surface area contributed by atoms with Crippen LogP contribution in [0.5, 0.6) is 0 Å². The molecule has 1 heterocycles. The van der Waals surface area contributed by atoms with Crippen LogP contribution in [0.25, 0.3) is 0 Å². The van der Waals surface area contributed by atoms with Gasteiger partial charge in [-0.2, -0.15) is 0 Å². The lowest BCUT2D eigenvalue weighted by molar-refractivity contribution is 0.105. The third kappa shape index (κ3) is 3.48. The molecular weight excluding hydrogens is 220 g/mol. The first kappa shape index (κ1) is 14.3. The quantitative estimate of drug-likeness (QED) is 0.814. The van der Waals surface area contributed by atoms with Crippen LogP contribution in [0.3, 0.4) is 0 Å². The molecule has 1 unspecified atom stereocenters. The van der Waals surface area contributed by atoms with Crippen LogP contribution in [0.1, 0.15) is 58.8 Å². The normalized spacial score (nSPS) is 38.2. The molecule has 1 saturated carbocycles. The average Bonchev–Trinajstić information content (AvgIpc) is 2.80. The van der Waals surface area contributed by atoms with Gasteiger partial charge in [0.05, 0.1) is 0 Å². The van der Waals surface area contributed by atoms with Gasteiger partial charge in [0.15, 0.2) is 0 Å². The maximum absolute atomic E-state index is 6.13. The van der Waals surface area contributed by atoms with Gasteiger partial charge in [0.2, 0.25) is 0 Å². The van der Waals surface area contributed by atoms with Gasteiger partial charge in [0.25, 0.3) is 0 Å². The van der Waals surface area contributed by atoms with Crippen LogP contribution >= 0.6 is 0 Å². The zero-order chi connectivity index (χ0) is 13.0. The molecule has 106 valence electrons. The van der Waals surface area contributed by atoms with Gasteiger partial charge in [0.1, 0.15) is 0 Å². The SMILES string of the molecule is CCCC1CCN(CC2(CN)CCC(C)CC2)C1. The van der Waals surface area contributed by atoms with E-state index in [2.05, 4.69) is 18.7 Å². The maximum atomic E-state index is 6.13. The predicted molar refractivity (Wildman–Crippen MR) is 78.6 cm³/mol. The second kappa shape index (κ2) is 6.38. The van der Waals surface area contributed by atoms with Crippen molar-refractivity contribution < 1.29 is 0 Å². The summed E-state index contributed by atoms with van der Waals surface area (Å²) >= 11 is 0. The molecule has 2 heteroatoms. The minimum Gasteiger partial charge on any atom is -0.330 e. The number of nitrogens with two attached hydrogens (primary N) is 1. The van der Waals surface area contributed by atoms with Gasteiger partial charge < -0.3 is 10.6 Å². The van der Waals surface area contributed by atoms with Crippen molar-refractivity contribution in [1.29, 1.82) is 0 Å². The molecule has 0 aromatic carbocycles. The van der Waals surface area contributed by atoms with Gasteiger partial charge in [-0.15, -0.1) is 0 Å². The van der Waals surface area contributed by atoms with E-state index >= 15 is 0 Å². The fourth-order valence-corrected chi connectivity index (χ4v) is 3.98. The van der Waals surface area contributed by atoms with E-state index in [0.29, 0.717) is 5.41 Å². The summed E-state index contributed by atoms with van der Waals surface area (Å²) in [5, 5.41) is 0. The highest BCUT2D eigenvalue weighted by Gasteiger charge is 2.36. The van der Waals surface area contributed by atoms with Crippen molar-refractivity contribution in [1.82, 2.24) is 4.90 Å². The molecule has 1 saturated heterocycles. The first-order chi connectivity index (χ1) is 8.67. The molecule has 1 atom stereocenters. The van der Waals surface area contributed by atoms with Crippen LogP contribution in [0, 0.1) is 17.3 Å². The second-order valence-electron chi connectivity index (χ2n) is 7.07. The van der Waals surface area contributed by atoms with Crippen LogP contribution < -0.4 is 5.73 Å². The van der Waals surface area contributed by atoms with E-state index in [0.717, 1.165) is 18.4 Å². The van der Waals surface area contributed by atoms with Crippen molar-refractivity contribution in [2.24, 2.45) is 23.0 Å². The van der Waals surface area contributed by atoms with Gasteiger partial charge in [-0.05, 0) is 56.0 Å². The Kier molecular flexibility index (Phi) is 5.08. The van der Waals surface area contributed by atoms with Crippen LogP contribution in [-0.4, -0.2) is 31.1 Å². The molecule has 1 aliphatic heterocycles. The summed E-state index contributed by atoms with van der Waals surface area (Å²) in [5.74, 6) is 1.89. The van der Waals surface area contributed by atoms with Crippen LogP contribution in [0.2, 0.25) is 0 Å². The number of nitrogens with zero attached hydrogens (tertiary/aromatic N) is 1. The van der Waals surface area contributed by atoms with Gasteiger partial charge in [-0.25, -0.2) is 0 Å². The van der Waals surface area contributed by atoms with E-state index in [4.69, 9.17) is 5.73 Å². The Labute approximate surface area is 113 Å². The summed E-state index contributed by atoms with van der Waals surface area (Å²) < 4.78 is 0. The van der Waals surface area contributed by atoms with Gasteiger partial charge in [0, 0.05) is 13.1 Å². The summed E-state index contributed by atoms with van der Waals surface area (Å²) in [7, 11) is 0. The fourth-order valence-electron chi connectivity index (χ4n) is 3.98. The fraction of sp³-hybridized carbons (Fsp3) is 1.00. The standard InChI is InChI=1S/C16H32N2/c1-3-4-15-7-10-18(11-15)13-16(12-17)8-5-14(2)6-9-16/h14-15H,3-13,17H2,1-2H3. The van der Waals surface area contributed by atoms with Crippen LogP contribution in [0.4, 0.5) is 0 Å². The summed E-state index contributed by atoms with van der Waals surface area (Å²) in [6.45, 7) is 9.54. The second-order valence-corrected chi connectivity index (χ2v) is 7.07. The molecule has 0 aromatic rings. The maximum Gasteiger partial charge on any atom is 0.00502 e. The number of hydrogen-bond donors (Lipinski definition) is 1. The number of hydrogen-bond acceptors (Lipinski definition) is 2. The van der Waals surface area contributed by atoms with E-state index in [1.807, 2.05) is 0 Å². The lowest BCUT2D eigenvalue weighted by Gasteiger charge is -2.41. The molecule has 0 aromatic heterocycles. The zero-order valence-electron chi connectivity index (χ0n) is 12.5. The van der Waals surface area contributed by atoms with Crippen LogP contribution in [-0.2, 0) is 0 Å². The Morgan fingerprint density at radius 1 is 1.22 bits per heavy atom. The smallest absolute Gasteiger partial charge is 0.00502 e. The third-order valence-corrected chi connectivity index (χ3v) is 5.39. The molecule has 2 rings (SSSR count). The Morgan fingerprint density at radius 3 is 2.56 bits per heavy atom. The summed E-state index contributed by atoms with van der Waals surface area (Å²) in [6.07, 6.45) is 9.69. The summed E-state index contributed by atoms with van der Waals surface area (Å²) in [5.41, 5.74) is 6.58. The topological polar surface area (TPSA) is 29.3 Å². The molecule has 0 bridgehead atoms. The molecule has 2 fully saturated rings. The number of likely N-dealkylation sites (tertiary alicyclic amines) is 1.